The van der Waals surface area contributed by atoms with Gasteiger partial charge in [-0.1, -0.05) is 91.0 Å². The molecule has 5 rings (SSSR count). The van der Waals surface area contributed by atoms with Gasteiger partial charge in [0.25, 0.3) is 5.56 Å². The molecule has 0 amide bonds. The first-order chi connectivity index (χ1) is 17.5. The highest BCUT2D eigenvalue weighted by Crippen LogP contribution is 2.19. The molecular weight excluding hydrogens is 450 g/mol. The lowest BCUT2D eigenvalue weighted by Crippen LogP contribution is -2.37. The number of hydrogen-bond acceptors (Lipinski definition) is 4. The molecule has 0 radical (unpaired) electrons. The van der Waals surface area contributed by atoms with Crippen molar-refractivity contribution in [3.8, 4) is 0 Å². The number of rotatable bonds is 8. The molecule has 0 N–H and O–H groups in total. The third-order valence-corrected chi connectivity index (χ3v) is 6.47. The van der Waals surface area contributed by atoms with E-state index in [1.54, 1.807) is 7.05 Å². The predicted molar refractivity (Wildman–Crippen MR) is 142 cm³/mol. The molecule has 3 aromatic carbocycles. The molecule has 0 saturated carbocycles. The number of aromatic nitrogens is 4. The number of imidazole rings is 1. The molecule has 7 heteroatoms. The van der Waals surface area contributed by atoms with Crippen molar-refractivity contribution in [3.05, 3.63) is 134 Å². The van der Waals surface area contributed by atoms with Gasteiger partial charge in [0.15, 0.2) is 11.2 Å². The Balaban J connectivity index is 1.62. The molecule has 2 heterocycles. The number of aryl methyl sites for hydroxylation is 1. The molecule has 0 atom stereocenters. The monoisotopic (exact) mass is 479 g/mol. The lowest BCUT2D eigenvalue weighted by molar-refractivity contribution is 0.238. The lowest BCUT2D eigenvalue weighted by atomic mass is 10.1. The van der Waals surface area contributed by atoms with Gasteiger partial charge in [-0.05, 0) is 16.7 Å². The summed E-state index contributed by atoms with van der Waals surface area (Å²) in [6.45, 7) is 2.45. The quantitative estimate of drug-likeness (QED) is 0.341. The molecule has 0 unspecified atom stereocenters. The van der Waals surface area contributed by atoms with E-state index in [-0.39, 0.29) is 11.2 Å². The second kappa shape index (κ2) is 10.2. The fourth-order valence-corrected chi connectivity index (χ4v) is 4.60. The minimum Gasteiger partial charge on any atom is -0.317 e. The minimum atomic E-state index is -0.381. The fraction of sp³-hybridized carbons (Fsp3) is 0.207. The average Bonchev–Trinajstić information content (AvgIpc) is 3.25. The van der Waals surface area contributed by atoms with Gasteiger partial charge in [-0.15, -0.1) is 0 Å². The van der Waals surface area contributed by atoms with E-state index in [2.05, 4.69) is 29.2 Å². The summed E-state index contributed by atoms with van der Waals surface area (Å²) in [4.78, 5) is 33.1. The highest BCUT2D eigenvalue weighted by molar-refractivity contribution is 5.71. The first-order valence-electron chi connectivity index (χ1n) is 12.0. The van der Waals surface area contributed by atoms with Gasteiger partial charge >= 0.3 is 5.69 Å². The van der Waals surface area contributed by atoms with Gasteiger partial charge < -0.3 is 4.57 Å². The zero-order chi connectivity index (χ0) is 25.1. The van der Waals surface area contributed by atoms with Gasteiger partial charge in [0.1, 0.15) is 5.82 Å². The Morgan fingerprint density at radius 3 is 1.69 bits per heavy atom. The van der Waals surface area contributed by atoms with Crippen LogP contribution in [0.3, 0.4) is 0 Å². The van der Waals surface area contributed by atoms with Crippen LogP contribution < -0.4 is 11.2 Å². The second-order valence-electron chi connectivity index (χ2n) is 9.09. The average molecular weight is 480 g/mol. The maximum atomic E-state index is 13.3. The van der Waals surface area contributed by atoms with Crippen molar-refractivity contribution in [2.75, 3.05) is 0 Å². The van der Waals surface area contributed by atoms with E-state index in [4.69, 9.17) is 4.98 Å². The SMILES string of the molecule is Cn1c(=O)c2c(nc(CN(Cc3ccccc3)Cc3ccccc3)n2Cc2ccccc2)n(C)c1=O. The van der Waals surface area contributed by atoms with Crippen LogP contribution in [-0.4, -0.2) is 23.6 Å². The fourth-order valence-electron chi connectivity index (χ4n) is 4.60. The maximum Gasteiger partial charge on any atom is 0.332 e. The summed E-state index contributed by atoms with van der Waals surface area (Å²) in [6, 6.07) is 30.7. The summed E-state index contributed by atoms with van der Waals surface area (Å²) in [5.74, 6) is 0.749. The van der Waals surface area contributed by atoms with Crippen molar-refractivity contribution in [1.29, 1.82) is 0 Å². The molecule has 0 aliphatic rings. The molecule has 0 bridgehead atoms. The number of benzene rings is 3. The largest absolute Gasteiger partial charge is 0.332 e. The van der Waals surface area contributed by atoms with Gasteiger partial charge in [0.05, 0.1) is 6.54 Å². The highest BCUT2D eigenvalue weighted by atomic mass is 16.2. The third kappa shape index (κ3) is 4.78. The topological polar surface area (TPSA) is 65.1 Å². The Kier molecular flexibility index (Phi) is 6.64. The van der Waals surface area contributed by atoms with Crippen molar-refractivity contribution in [1.82, 2.24) is 23.6 Å². The number of nitrogens with zero attached hydrogens (tertiary/aromatic N) is 5. The Morgan fingerprint density at radius 2 is 1.17 bits per heavy atom. The third-order valence-electron chi connectivity index (χ3n) is 6.47. The van der Waals surface area contributed by atoms with Gasteiger partial charge in [-0.3, -0.25) is 18.8 Å². The molecule has 36 heavy (non-hydrogen) atoms. The summed E-state index contributed by atoms with van der Waals surface area (Å²) in [5.41, 5.74) is 3.59. The molecule has 0 fully saturated rings. The molecule has 182 valence electrons. The lowest BCUT2D eigenvalue weighted by Gasteiger charge is -2.23. The van der Waals surface area contributed by atoms with E-state index in [0.717, 1.165) is 29.0 Å². The van der Waals surface area contributed by atoms with Gasteiger partial charge in [0, 0.05) is 33.7 Å². The zero-order valence-electron chi connectivity index (χ0n) is 20.5. The van der Waals surface area contributed by atoms with Crippen molar-refractivity contribution >= 4 is 11.2 Å². The van der Waals surface area contributed by atoms with Gasteiger partial charge in [-0.2, -0.15) is 0 Å². The van der Waals surface area contributed by atoms with Crippen LogP contribution in [0.5, 0.6) is 0 Å². The standard InChI is InChI=1S/C29H29N5O2/c1-31-27-26(28(35)32(2)29(31)36)34(20-24-16-10-5-11-17-24)25(30-27)21-33(18-22-12-6-3-7-13-22)19-23-14-8-4-9-15-23/h3-17H,18-21H2,1-2H3. The summed E-state index contributed by atoms with van der Waals surface area (Å²) in [5, 5.41) is 0. The Hall–Kier alpha value is -4.23. The van der Waals surface area contributed by atoms with Crippen LogP contribution in [0.15, 0.2) is 101 Å². The van der Waals surface area contributed by atoms with Crippen LogP contribution >= 0.6 is 0 Å². The van der Waals surface area contributed by atoms with Crippen molar-refractivity contribution in [2.24, 2.45) is 14.1 Å². The Morgan fingerprint density at radius 1 is 0.667 bits per heavy atom. The molecule has 0 aliphatic carbocycles. The number of hydrogen-bond donors (Lipinski definition) is 0. The molecule has 7 nitrogen and oxygen atoms in total. The van der Waals surface area contributed by atoms with E-state index >= 15 is 0 Å². The number of fused-ring (bicyclic) bond motifs is 1. The van der Waals surface area contributed by atoms with E-state index in [9.17, 15) is 9.59 Å². The predicted octanol–water partition coefficient (Wildman–Crippen LogP) is 3.68. The van der Waals surface area contributed by atoms with Crippen LogP contribution in [-0.2, 0) is 40.3 Å². The molecule has 2 aromatic heterocycles. The van der Waals surface area contributed by atoms with E-state index < -0.39 is 0 Å². The van der Waals surface area contributed by atoms with Gasteiger partial charge in [0.2, 0.25) is 0 Å². The molecule has 0 saturated heterocycles. The highest BCUT2D eigenvalue weighted by Gasteiger charge is 2.21. The molecular formula is C29H29N5O2. The summed E-state index contributed by atoms with van der Waals surface area (Å²) in [6.07, 6.45) is 0. The van der Waals surface area contributed by atoms with Crippen molar-refractivity contribution in [2.45, 2.75) is 26.2 Å². The van der Waals surface area contributed by atoms with Crippen LogP contribution in [0, 0.1) is 0 Å². The molecule has 5 aromatic rings. The van der Waals surface area contributed by atoms with Crippen LogP contribution in [0.2, 0.25) is 0 Å². The van der Waals surface area contributed by atoms with Crippen molar-refractivity contribution < 1.29 is 0 Å². The van der Waals surface area contributed by atoms with Crippen LogP contribution in [0.25, 0.3) is 11.2 Å². The van der Waals surface area contributed by atoms with E-state index in [0.29, 0.717) is 24.3 Å². The maximum absolute atomic E-state index is 13.3. The first kappa shape index (κ1) is 23.5. The summed E-state index contributed by atoms with van der Waals surface area (Å²) < 4.78 is 4.58. The van der Waals surface area contributed by atoms with Crippen LogP contribution in [0.4, 0.5) is 0 Å². The van der Waals surface area contributed by atoms with E-state index in [1.165, 1.54) is 22.7 Å². The van der Waals surface area contributed by atoms with Crippen molar-refractivity contribution in [3.63, 3.8) is 0 Å². The first-order valence-corrected chi connectivity index (χ1v) is 12.0. The van der Waals surface area contributed by atoms with Crippen LogP contribution in [0.1, 0.15) is 22.5 Å². The molecule has 0 aliphatic heterocycles. The van der Waals surface area contributed by atoms with Gasteiger partial charge in [-0.25, -0.2) is 9.78 Å². The second-order valence-corrected chi connectivity index (χ2v) is 9.09. The Labute approximate surface area is 209 Å². The smallest absolute Gasteiger partial charge is 0.317 e. The summed E-state index contributed by atoms with van der Waals surface area (Å²) >= 11 is 0. The molecule has 0 spiro atoms. The zero-order valence-corrected chi connectivity index (χ0v) is 20.5. The minimum absolute atomic E-state index is 0.333. The Bertz CT molecular complexity index is 1540. The summed E-state index contributed by atoms with van der Waals surface area (Å²) in [7, 11) is 3.18. The normalized spacial score (nSPS) is 11.4. The van der Waals surface area contributed by atoms with E-state index in [1.807, 2.05) is 71.3 Å².